The van der Waals surface area contributed by atoms with Crippen molar-refractivity contribution in [2.45, 2.75) is 58.1 Å². The number of guanidine groups is 1. The molecule has 0 bridgehead atoms. The van der Waals surface area contributed by atoms with E-state index in [2.05, 4.69) is 34.4 Å². The molecular weight excluding hydrogens is 316 g/mol. The molecule has 3 N–H and O–H groups in total. The molecule has 0 aliphatic heterocycles. The molecule has 1 heterocycles. The number of nitrogens with zero attached hydrogens (tertiary/aromatic N) is 2. The third kappa shape index (κ3) is 7.48. The Morgan fingerprint density at radius 2 is 1.92 bits per heavy atom. The van der Waals surface area contributed by atoms with Crippen molar-refractivity contribution in [1.29, 1.82) is 0 Å². The molecule has 0 aliphatic rings. The van der Waals surface area contributed by atoms with Crippen LogP contribution in [0.15, 0.2) is 27.8 Å². The van der Waals surface area contributed by atoms with Crippen LogP contribution in [0.4, 0.5) is 0 Å². The van der Waals surface area contributed by atoms with Crippen LogP contribution in [0, 0.1) is 0 Å². The van der Waals surface area contributed by atoms with Gasteiger partial charge in [0.05, 0.1) is 24.5 Å². The molecule has 0 radical (unpaired) electrons. The maximum Gasteiger partial charge on any atom is 0.191 e. The molecule has 0 saturated heterocycles. The Balaban J connectivity index is 2.74. The van der Waals surface area contributed by atoms with Gasteiger partial charge in [-0.05, 0) is 46.0 Å². The van der Waals surface area contributed by atoms with Crippen molar-refractivity contribution >= 4 is 5.96 Å². The van der Waals surface area contributed by atoms with Gasteiger partial charge in [-0.2, -0.15) is 0 Å². The van der Waals surface area contributed by atoms with E-state index in [0.29, 0.717) is 13.1 Å². The Hall–Kier alpha value is -1.53. The first-order valence-corrected chi connectivity index (χ1v) is 9.40. The standard InChI is InChI=1S/C19H36N4O2/c1-6-11-19(24,12-7-2)15-22-18(20-8-3)21-14-16(23(4)5)17-10-9-13-25-17/h9-10,13,16,24H,6-8,11-12,14-15H2,1-5H3,(H2,20,21,22). The summed E-state index contributed by atoms with van der Waals surface area (Å²) >= 11 is 0. The highest BCUT2D eigenvalue weighted by molar-refractivity contribution is 5.79. The highest BCUT2D eigenvalue weighted by Crippen LogP contribution is 2.20. The summed E-state index contributed by atoms with van der Waals surface area (Å²) in [6, 6.07) is 4.00. The molecule has 0 fully saturated rings. The van der Waals surface area contributed by atoms with Crippen molar-refractivity contribution in [1.82, 2.24) is 15.5 Å². The Kier molecular flexibility index (Phi) is 9.60. The van der Waals surface area contributed by atoms with Gasteiger partial charge >= 0.3 is 0 Å². The molecule has 0 amide bonds. The number of hydrogen-bond acceptors (Lipinski definition) is 4. The molecular formula is C19H36N4O2. The second kappa shape index (κ2) is 11.2. The molecule has 1 aromatic heterocycles. The lowest BCUT2D eigenvalue weighted by molar-refractivity contribution is 0.0306. The van der Waals surface area contributed by atoms with Crippen molar-refractivity contribution in [3.8, 4) is 0 Å². The van der Waals surface area contributed by atoms with Crippen molar-refractivity contribution in [2.75, 3.05) is 33.7 Å². The van der Waals surface area contributed by atoms with Crippen LogP contribution in [0.25, 0.3) is 0 Å². The van der Waals surface area contributed by atoms with Gasteiger partial charge < -0.3 is 20.2 Å². The first-order valence-electron chi connectivity index (χ1n) is 9.40. The number of hydrogen-bond donors (Lipinski definition) is 3. The van der Waals surface area contributed by atoms with Gasteiger partial charge in [0.25, 0.3) is 0 Å². The molecule has 1 unspecified atom stereocenters. The minimum Gasteiger partial charge on any atom is -0.468 e. The molecule has 144 valence electrons. The molecule has 0 spiro atoms. The zero-order valence-electron chi connectivity index (χ0n) is 16.5. The number of nitrogens with one attached hydrogen (secondary N) is 2. The fourth-order valence-electron chi connectivity index (χ4n) is 2.99. The van der Waals surface area contributed by atoms with Gasteiger partial charge in [-0.15, -0.1) is 0 Å². The number of aliphatic imine (C=N–C) groups is 1. The van der Waals surface area contributed by atoms with E-state index in [1.54, 1.807) is 6.26 Å². The second-order valence-electron chi connectivity index (χ2n) is 6.80. The van der Waals surface area contributed by atoms with Crippen LogP contribution in [0.1, 0.15) is 58.3 Å². The molecule has 1 atom stereocenters. The van der Waals surface area contributed by atoms with Gasteiger partial charge in [-0.25, -0.2) is 0 Å². The average Bonchev–Trinajstić information content (AvgIpc) is 3.07. The highest BCUT2D eigenvalue weighted by atomic mass is 16.3. The van der Waals surface area contributed by atoms with Gasteiger partial charge in [0.15, 0.2) is 5.96 Å². The molecule has 1 aromatic rings. The minimum absolute atomic E-state index is 0.115. The van der Waals surface area contributed by atoms with Gasteiger partial charge in [-0.1, -0.05) is 26.7 Å². The second-order valence-corrected chi connectivity index (χ2v) is 6.80. The van der Waals surface area contributed by atoms with Gasteiger partial charge in [-0.3, -0.25) is 9.89 Å². The lowest BCUT2D eigenvalue weighted by Crippen LogP contribution is -2.43. The fourth-order valence-corrected chi connectivity index (χ4v) is 2.99. The molecule has 6 nitrogen and oxygen atoms in total. The van der Waals surface area contributed by atoms with Crippen LogP contribution >= 0.6 is 0 Å². The van der Waals surface area contributed by atoms with E-state index < -0.39 is 5.60 Å². The summed E-state index contributed by atoms with van der Waals surface area (Å²) in [7, 11) is 4.06. The predicted molar refractivity (Wildman–Crippen MR) is 104 cm³/mol. The minimum atomic E-state index is -0.714. The van der Waals surface area contributed by atoms with E-state index >= 15 is 0 Å². The first kappa shape index (κ1) is 21.5. The van der Waals surface area contributed by atoms with Crippen LogP contribution in [-0.2, 0) is 0 Å². The summed E-state index contributed by atoms with van der Waals surface area (Å²) in [6.45, 7) is 8.10. The zero-order chi connectivity index (χ0) is 18.7. The summed E-state index contributed by atoms with van der Waals surface area (Å²) in [5.74, 6) is 1.65. The van der Waals surface area contributed by atoms with Crippen LogP contribution in [0.2, 0.25) is 0 Å². The molecule has 1 rings (SSSR count). The smallest absolute Gasteiger partial charge is 0.191 e. The highest BCUT2D eigenvalue weighted by Gasteiger charge is 2.25. The average molecular weight is 353 g/mol. The molecule has 25 heavy (non-hydrogen) atoms. The summed E-state index contributed by atoms with van der Waals surface area (Å²) in [5, 5.41) is 17.4. The van der Waals surface area contributed by atoms with E-state index in [4.69, 9.17) is 4.42 Å². The lowest BCUT2D eigenvalue weighted by Gasteiger charge is -2.27. The number of furan rings is 1. The maximum atomic E-state index is 10.8. The first-order chi connectivity index (χ1) is 12.0. The Morgan fingerprint density at radius 3 is 2.40 bits per heavy atom. The quantitative estimate of drug-likeness (QED) is 0.422. The van der Waals surface area contributed by atoms with Crippen LogP contribution in [-0.4, -0.2) is 55.3 Å². The summed E-state index contributed by atoms with van der Waals surface area (Å²) in [5.41, 5.74) is -0.714. The molecule has 0 aliphatic carbocycles. The Morgan fingerprint density at radius 1 is 1.24 bits per heavy atom. The lowest BCUT2D eigenvalue weighted by atomic mass is 9.93. The monoisotopic (exact) mass is 352 g/mol. The van der Waals surface area contributed by atoms with Crippen molar-refractivity contribution < 1.29 is 9.52 Å². The zero-order valence-corrected chi connectivity index (χ0v) is 16.5. The Bertz CT molecular complexity index is 480. The number of rotatable bonds is 11. The third-order valence-electron chi connectivity index (χ3n) is 4.26. The summed E-state index contributed by atoms with van der Waals surface area (Å²) < 4.78 is 5.55. The fraction of sp³-hybridized carbons (Fsp3) is 0.737. The molecule has 0 saturated carbocycles. The third-order valence-corrected chi connectivity index (χ3v) is 4.26. The number of likely N-dealkylation sites (N-methyl/N-ethyl adjacent to an activating group) is 1. The topological polar surface area (TPSA) is 73.0 Å². The summed E-state index contributed by atoms with van der Waals surface area (Å²) in [4.78, 5) is 6.74. The van der Waals surface area contributed by atoms with E-state index in [1.807, 2.05) is 33.2 Å². The van der Waals surface area contributed by atoms with Crippen LogP contribution < -0.4 is 10.6 Å². The predicted octanol–water partition coefficient (Wildman–Crippen LogP) is 2.77. The SMILES string of the molecule is CCCC(O)(CCC)CN=C(NCC)NCC(c1ccco1)N(C)C. The molecule has 6 heteroatoms. The van der Waals surface area contributed by atoms with E-state index in [9.17, 15) is 5.11 Å². The largest absolute Gasteiger partial charge is 0.468 e. The van der Waals surface area contributed by atoms with E-state index in [1.165, 1.54) is 0 Å². The number of aliphatic hydroxyl groups is 1. The van der Waals surface area contributed by atoms with E-state index in [0.717, 1.165) is 43.9 Å². The van der Waals surface area contributed by atoms with Crippen LogP contribution in [0.3, 0.4) is 0 Å². The molecule has 0 aromatic carbocycles. The van der Waals surface area contributed by atoms with Crippen molar-refractivity contribution in [3.05, 3.63) is 24.2 Å². The Labute approximate surface area is 152 Å². The van der Waals surface area contributed by atoms with Gasteiger partial charge in [0.1, 0.15) is 5.76 Å². The van der Waals surface area contributed by atoms with Crippen molar-refractivity contribution in [3.63, 3.8) is 0 Å². The maximum absolute atomic E-state index is 10.8. The summed E-state index contributed by atoms with van der Waals surface area (Å²) in [6.07, 6.45) is 5.15. The van der Waals surface area contributed by atoms with Crippen molar-refractivity contribution in [2.24, 2.45) is 4.99 Å². The normalized spacial score (nSPS) is 14.0. The van der Waals surface area contributed by atoms with Gasteiger partial charge in [0, 0.05) is 13.1 Å². The van der Waals surface area contributed by atoms with Gasteiger partial charge in [0.2, 0.25) is 0 Å². The van der Waals surface area contributed by atoms with Crippen LogP contribution in [0.5, 0.6) is 0 Å². The van der Waals surface area contributed by atoms with E-state index in [-0.39, 0.29) is 6.04 Å².